The number of nitrogens with two attached hydrogens (primary N) is 1. The normalized spacial score (nSPS) is 15.3. The summed E-state index contributed by atoms with van der Waals surface area (Å²) in [4.78, 5) is 27.3. The highest BCUT2D eigenvalue weighted by Crippen LogP contribution is 2.11. The van der Waals surface area contributed by atoms with Crippen molar-refractivity contribution in [3.8, 4) is 0 Å². The molecule has 2 rings (SSSR count). The Labute approximate surface area is 119 Å². The maximum atomic E-state index is 12.3. The number of carbonyl (C=O) groups is 2. The average Bonchev–Trinajstić information content (AvgIpc) is 2.53. The summed E-state index contributed by atoms with van der Waals surface area (Å²) in [7, 11) is 0. The van der Waals surface area contributed by atoms with Crippen molar-refractivity contribution in [3.63, 3.8) is 0 Å². The lowest BCUT2D eigenvalue weighted by Gasteiger charge is -2.34. The second-order valence-corrected chi connectivity index (χ2v) is 4.93. The number of aryl methyl sites for hydroxylation is 1. The van der Waals surface area contributed by atoms with Crippen LogP contribution >= 0.6 is 0 Å². The summed E-state index contributed by atoms with van der Waals surface area (Å²) in [6.45, 7) is 4.39. The zero-order valence-corrected chi connectivity index (χ0v) is 11.8. The Morgan fingerprint density at radius 3 is 2.10 bits per heavy atom. The lowest BCUT2D eigenvalue weighted by molar-refractivity contribution is -0.131. The van der Waals surface area contributed by atoms with Gasteiger partial charge in [-0.1, -0.05) is 19.1 Å². The first kappa shape index (κ1) is 14.5. The molecular formula is C15H21N3O2. The molecule has 2 amide bonds. The Kier molecular flexibility index (Phi) is 4.74. The van der Waals surface area contributed by atoms with E-state index in [0.29, 0.717) is 31.7 Å². The molecule has 0 aromatic heterocycles. The number of hydrogen-bond donors (Lipinski definition) is 1. The van der Waals surface area contributed by atoms with E-state index < -0.39 is 0 Å². The number of amides is 2. The van der Waals surface area contributed by atoms with Crippen LogP contribution in [0.25, 0.3) is 0 Å². The molecule has 108 valence electrons. The zero-order valence-electron chi connectivity index (χ0n) is 11.8. The van der Waals surface area contributed by atoms with Crippen LogP contribution in [0.4, 0.5) is 0 Å². The van der Waals surface area contributed by atoms with Crippen molar-refractivity contribution < 1.29 is 9.59 Å². The van der Waals surface area contributed by atoms with Crippen molar-refractivity contribution in [3.05, 3.63) is 35.4 Å². The number of piperazine rings is 1. The van der Waals surface area contributed by atoms with E-state index in [0.717, 1.165) is 6.42 Å². The van der Waals surface area contributed by atoms with Crippen LogP contribution in [0.2, 0.25) is 0 Å². The standard InChI is InChI=1S/C15H21N3O2/c1-2-12-3-5-13(6-4-12)15(20)18-9-7-17(8-10-18)14(19)11-16/h3-6H,2,7-11,16H2,1H3. The number of nitrogens with zero attached hydrogens (tertiary/aromatic N) is 2. The first-order chi connectivity index (χ1) is 9.65. The highest BCUT2D eigenvalue weighted by molar-refractivity contribution is 5.94. The van der Waals surface area contributed by atoms with Crippen molar-refractivity contribution in [1.29, 1.82) is 0 Å². The SMILES string of the molecule is CCc1ccc(C(=O)N2CCN(C(=O)CN)CC2)cc1. The molecule has 0 bridgehead atoms. The quantitative estimate of drug-likeness (QED) is 0.873. The minimum atomic E-state index is -0.0515. The van der Waals surface area contributed by atoms with E-state index in [1.54, 1.807) is 9.80 Å². The van der Waals surface area contributed by atoms with Crippen molar-refractivity contribution >= 4 is 11.8 Å². The van der Waals surface area contributed by atoms with Crippen LogP contribution in [0.1, 0.15) is 22.8 Å². The van der Waals surface area contributed by atoms with Crippen LogP contribution in [0.15, 0.2) is 24.3 Å². The molecule has 5 nitrogen and oxygen atoms in total. The van der Waals surface area contributed by atoms with Gasteiger partial charge < -0.3 is 15.5 Å². The predicted molar refractivity (Wildman–Crippen MR) is 77.4 cm³/mol. The van der Waals surface area contributed by atoms with E-state index in [1.807, 2.05) is 24.3 Å². The number of hydrogen-bond acceptors (Lipinski definition) is 3. The molecule has 1 fully saturated rings. The van der Waals surface area contributed by atoms with Crippen molar-refractivity contribution in [1.82, 2.24) is 9.80 Å². The summed E-state index contributed by atoms with van der Waals surface area (Å²) >= 11 is 0. The van der Waals surface area contributed by atoms with Crippen LogP contribution in [0.5, 0.6) is 0 Å². The Morgan fingerprint density at radius 1 is 1.05 bits per heavy atom. The molecule has 0 saturated carbocycles. The first-order valence-electron chi connectivity index (χ1n) is 7.01. The fourth-order valence-electron chi connectivity index (χ4n) is 2.35. The van der Waals surface area contributed by atoms with Gasteiger partial charge in [-0.25, -0.2) is 0 Å². The third-order valence-electron chi connectivity index (χ3n) is 3.70. The summed E-state index contributed by atoms with van der Waals surface area (Å²) in [6, 6.07) is 7.72. The third-order valence-corrected chi connectivity index (χ3v) is 3.70. The molecule has 5 heteroatoms. The van der Waals surface area contributed by atoms with E-state index in [4.69, 9.17) is 5.73 Å². The Morgan fingerprint density at radius 2 is 1.60 bits per heavy atom. The Balaban J connectivity index is 1.95. The van der Waals surface area contributed by atoms with Gasteiger partial charge >= 0.3 is 0 Å². The summed E-state index contributed by atoms with van der Waals surface area (Å²) in [5.74, 6) is -0.0168. The molecule has 1 aliphatic rings. The van der Waals surface area contributed by atoms with E-state index in [-0.39, 0.29) is 18.4 Å². The van der Waals surface area contributed by atoms with E-state index in [2.05, 4.69) is 6.92 Å². The molecule has 1 aliphatic heterocycles. The minimum absolute atomic E-state index is 0.0342. The highest BCUT2D eigenvalue weighted by Gasteiger charge is 2.23. The molecule has 2 N–H and O–H groups in total. The molecule has 0 radical (unpaired) electrons. The van der Waals surface area contributed by atoms with Gasteiger partial charge in [-0.15, -0.1) is 0 Å². The molecule has 20 heavy (non-hydrogen) atoms. The van der Waals surface area contributed by atoms with Gasteiger partial charge in [-0.05, 0) is 24.1 Å². The smallest absolute Gasteiger partial charge is 0.253 e. The van der Waals surface area contributed by atoms with Gasteiger partial charge in [-0.2, -0.15) is 0 Å². The molecule has 1 saturated heterocycles. The second-order valence-electron chi connectivity index (χ2n) is 4.93. The van der Waals surface area contributed by atoms with Crippen LogP contribution in [0, 0.1) is 0 Å². The number of benzene rings is 1. The number of rotatable bonds is 3. The Bertz CT molecular complexity index is 476. The molecular weight excluding hydrogens is 254 g/mol. The molecule has 0 atom stereocenters. The van der Waals surface area contributed by atoms with E-state index in [9.17, 15) is 9.59 Å². The van der Waals surface area contributed by atoms with Gasteiger partial charge in [0.05, 0.1) is 6.54 Å². The summed E-state index contributed by atoms with van der Waals surface area (Å²) in [5, 5.41) is 0. The molecule has 0 aliphatic carbocycles. The lowest BCUT2D eigenvalue weighted by Crippen LogP contribution is -2.51. The van der Waals surface area contributed by atoms with Crippen molar-refractivity contribution in [2.45, 2.75) is 13.3 Å². The summed E-state index contributed by atoms with van der Waals surface area (Å²) in [6.07, 6.45) is 0.967. The molecule has 0 unspecified atom stereocenters. The summed E-state index contributed by atoms with van der Waals surface area (Å²) in [5.41, 5.74) is 7.28. The fourth-order valence-corrected chi connectivity index (χ4v) is 2.35. The van der Waals surface area contributed by atoms with Crippen LogP contribution < -0.4 is 5.73 Å². The summed E-state index contributed by atoms with van der Waals surface area (Å²) < 4.78 is 0. The Hall–Kier alpha value is -1.88. The van der Waals surface area contributed by atoms with Crippen LogP contribution in [0.3, 0.4) is 0 Å². The van der Waals surface area contributed by atoms with Crippen molar-refractivity contribution in [2.75, 3.05) is 32.7 Å². The maximum Gasteiger partial charge on any atom is 0.253 e. The number of carbonyl (C=O) groups excluding carboxylic acids is 2. The first-order valence-corrected chi connectivity index (χ1v) is 7.01. The molecule has 0 spiro atoms. The molecule has 1 aromatic rings. The van der Waals surface area contributed by atoms with Crippen LogP contribution in [-0.4, -0.2) is 54.3 Å². The van der Waals surface area contributed by atoms with Gasteiger partial charge in [0, 0.05) is 31.7 Å². The fraction of sp³-hybridized carbons (Fsp3) is 0.467. The van der Waals surface area contributed by atoms with E-state index in [1.165, 1.54) is 5.56 Å². The second kappa shape index (κ2) is 6.52. The van der Waals surface area contributed by atoms with Gasteiger partial charge in [0.15, 0.2) is 0 Å². The highest BCUT2D eigenvalue weighted by atomic mass is 16.2. The largest absolute Gasteiger partial charge is 0.338 e. The van der Waals surface area contributed by atoms with Gasteiger partial charge in [0.1, 0.15) is 0 Å². The molecule has 1 heterocycles. The lowest BCUT2D eigenvalue weighted by atomic mass is 10.1. The van der Waals surface area contributed by atoms with Gasteiger partial charge in [0.2, 0.25) is 5.91 Å². The van der Waals surface area contributed by atoms with E-state index >= 15 is 0 Å². The predicted octanol–water partition coefficient (Wildman–Crippen LogP) is 0.492. The average molecular weight is 275 g/mol. The van der Waals surface area contributed by atoms with Gasteiger partial charge in [0.25, 0.3) is 5.91 Å². The third kappa shape index (κ3) is 3.17. The minimum Gasteiger partial charge on any atom is -0.338 e. The van der Waals surface area contributed by atoms with Crippen molar-refractivity contribution in [2.24, 2.45) is 5.73 Å². The van der Waals surface area contributed by atoms with Crippen LogP contribution in [-0.2, 0) is 11.2 Å². The molecule has 1 aromatic carbocycles. The monoisotopic (exact) mass is 275 g/mol. The zero-order chi connectivity index (χ0) is 14.5. The van der Waals surface area contributed by atoms with Gasteiger partial charge in [-0.3, -0.25) is 9.59 Å². The topological polar surface area (TPSA) is 66.6 Å². The maximum absolute atomic E-state index is 12.3.